The summed E-state index contributed by atoms with van der Waals surface area (Å²) in [7, 11) is 0. The molecule has 0 bridgehead atoms. The van der Waals surface area contributed by atoms with E-state index in [1.165, 1.54) is 0 Å². The fraction of sp³-hybridized carbons (Fsp3) is 0.846. The topological polar surface area (TPSA) is 43.4 Å². The Bertz CT molecular complexity index is 235. The molecule has 1 unspecified atom stereocenters. The van der Waals surface area contributed by atoms with Gasteiger partial charge in [-0.15, -0.1) is 0 Å². The fourth-order valence-electron chi connectivity index (χ4n) is 1.57. The summed E-state index contributed by atoms with van der Waals surface area (Å²) in [6.07, 6.45) is 3.69. The van der Waals surface area contributed by atoms with Crippen LogP contribution in [-0.2, 0) is 14.3 Å². The molecule has 1 atom stereocenters. The van der Waals surface area contributed by atoms with Crippen molar-refractivity contribution in [3.63, 3.8) is 0 Å². The van der Waals surface area contributed by atoms with Gasteiger partial charge in [0.05, 0.1) is 6.42 Å². The summed E-state index contributed by atoms with van der Waals surface area (Å²) in [6, 6.07) is 0. The zero-order valence-corrected chi connectivity index (χ0v) is 11.0. The fourth-order valence-corrected chi connectivity index (χ4v) is 1.57. The first-order valence-corrected chi connectivity index (χ1v) is 6.21. The molecule has 3 nitrogen and oxygen atoms in total. The molecule has 94 valence electrons. The van der Waals surface area contributed by atoms with Gasteiger partial charge in [-0.2, -0.15) is 0 Å². The average molecular weight is 228 g/mol. The molecule has 0 saturated carbocycles. The highest BCUT2D eigenvalue weighted by Crippen LogP contribution is 2.22. The Labute approximate surface area is 98.6 Å². The number of esters is 1. The lowest BCUT2D eigenvalue weighted by Crippen LogP contribution is -2.30. The largest absolute Gasteiger partial charge is 0.459 e. The second kappa shape index (κ2) is 7.42. The number of hydrogen-bond acceptors (Lipinski definition) is 3. The molecule has 0 rings (SSSR count). The first-order chi connectivity index (χ1) is 7.47. The van der Waals surface area contributed by atoms with Gasteiger partial charge < -0.3 is 4.74 Å². The highest BCUT2D eigenvalue weighted by Gasteiger charge is 2.25. The molecule has 0 aromatic heterocycles. The van der Waals surface area contributed by atoms with Crippen molar-refractivity contribution in [2.24, 2.45) is 0 Å². The van der Waals surface area contributed by atoms with E-state index in [1.807, 2.05) is 13.8 Å². The molecule has 0 fully saturated rings. The minimum absolute atomic E-state index is 0.116. The smallest absolute Gasteiger partial charge is 0.306 e. The van der Waals surface area contributed by atoms with E-state index in [2.05, 4.69) is 6.92 Å². The van der Waals surface area contributed by atoms with Crippen LogP contribution in [0.25, 0.3) is 0 Å². The third-order valence-electron chi connectivity index (χ3n) is 2.89. The summed E-state index contributed by atoms with van der Waals surface area (Å²) in [5.41, 5.74) is -0.360. The van der Waals surface area contributed by atoms with Gasteiger partial charge in [-0.3, -0.25) is 9.59 Å². The molecule has 0 aromatic carbocycles. The van der Waals surface area contributed by atoms with Crippen LogP contribution in [-0.4, -0.2) is 17.4 Å². The summed E-state index contributed by atoms with van der Waals surface area (Å²) < 4.78 is 5.43. The van der Waals surface area contributed by atoms with Crippen molar-refractivity contribution in [2.75, 3.05) is 0 Å². The number of Topliss-reactive ketones (excluding diaryl/α,β-unsaturated/α-hetero) is 1. The number of rotatable bonds is 8. The summed E-state index contributed by atoms with van der Waals surface area (Å²) in [5.74, 6) is -0.134. The third-order valence-corrected chi connectivity index (χ3v) is 2.89. The van der Waals surface area contributed by atoms with Gasteiger partial charge in [0, 0.05) is 12.8 Å². The molecule has 0 N–H and O–H groups in total. The molecule has 0 spiro atoms. The van der Waals surface area contributed by atoms with Gasteiger partial charge in [-0.25, -0.2) is 0 Å². The number of ketones is 1. The maximum atomic E-state index is 11.5. The highest BCUT2D eigenvalue weighted by molar-refractivity contribution is 5.82. The lowest BCUT2D eigenvalue weighted by atomic mass is 9.97. The molecule has 0 aromatic rings. The number of ether oxygens (including phenoxy) is 1. The van der Waals surface area contributed by atoms with Crippen LogP contribution in [0.2, 0.25) is 0 Å². The summed E-state index contributed by atoms with van der Waals surface area (Å²) in [5, 5.41) is 0. The van der Waals surface area contributed by atoms with Crippen LogP contribution in [0.4, 0.5) is 0 Å². The normalized spacial score (nSPS) is 14.2. The molecule has 3 heteroatoms. The molecular weight excluding hydrogens is 204 g/mol. The summed E-state index contributed by atoms with van der Waals surface area (Å²) in [6.45, 7) is 7.85. The second-order valence-corrected chi connectivity index (χ2v) is 4.42. The van der Waals surface area contributed by atoms with Crippen LogP contribution in [0.5, 0.6) is 0 Å². The number of hydrogen-bond donors (Lipinski definition) is 0. The molecule has 0 aliphatic heterocycles. The van der Waals surface area contributed by atoms with Crippen molar-refractivity contribution in [1.82, 2.24) is 0 Å². The minimum Gasteiger partial charge on any atom is -0.459 e. The lowest BCUT2D eigenvalue weighted by Gasteiger charge is -2.28. The summed E-state index contributed by atoms with van der Waals surface area (Å²) >= 11 is 0. The number of carbonyl (C=O) groups is 2. The third kappa shape index (κ3) is 5.89. The Hall–Kier alpha value is -0.860. The van der Waals surface area contributed by atoms with E-state index in [-0.39, 0.29) is 23.8 Å². The Morgan fingerprint density at radius 2 is 1.75 bits per heavy atom. The predicted octanol–water partition coefficient (Wildman–Crippen LogP) is 3.26. The standard InChI is InChI=1S/C13H24O3/c1-5-10-13(4,7-3)16-12(15)9-8-11(14)6-2/h5-10H2,1-4H3. The van der Waals surface area contributed by atoms with Gasteiger partial charge in [0.15, 0.2) is 0 Å². The van der Waals surface area contributed by atoms with Crippen molar-refractivity contribution in [3.8, 4) is 0 Å². The zero-order valence-electron chi connectivity index (χ0n) is 11.0. The van der Waals surface area contributed by atoms with E-state index in [4.69, 9.17) is 4.74 Å². The zero-order chi connectivity index (χ0) is 12.6. The maximum Gasteiger partial charge on any atom is 0.306 e. The van der Waals surface area contributed by atoms with E-state index >= 15 is 0 Å². The Kier molecular flexibility index (Phi) is 7.02. The molecule has 0 radical (unpaired) electrons. The van der Waals surface area contributed by atoms with Gasteiger partial charge >= 0.3 is 5.97 Å². The molecule has 0 heterocycles. The average Bonchev–Trinajstić information content (AvgIpc) is 2.26. The van der Waals surface area contributed by atoms with Crippen LogP contribution in [0.15, 0.2) is 0 Å². The van der Waals surface area contributed by atoms with Crippen LogP contribution in [0, 0.1) is 0 Å². The van der Waals surface area contributed by atoms with E-state index in [9.17, 15) is 9.59 Å². The second-order valence-electron chi connectivity index (χ2n) is 4.42. The molecule has 0 amide bonds. The molecule has 0 aliphatic rings. The van der Waals surface area contributed by atoms with Crippen LogP contribution >= 0.6 is 0 Å². The highest BCUT2D eigenvalue weighted by atomic mass is 16.6. The quantitative estimate of drug-likeness (QED) is 0.599. The van der Waals surface area contributed by atoms with Gasteiger partial charge in [-0.1, -0.05) is 27.2 Å². The van der Waals surface area contributed by atoms with Gasteiger partial charge in [0.25, 0.3) is 0 Å². The first kappa shape index (κ1) is 15.1. The van der Waals surface area contributed by atoms with Gasteiger partial charge in [0.1, 0.15) is 11.4 Å². The van der Waals surface area contributed by atoms with Crippen molar-refractivity contribution >= 4 is 11.8 Å². The van der Waals surface area contributed by atoms with Crippen LogP contribution in [0.1, 0.15) is 66.2 Å². The molecule has 0 saturated heterocycles. The van der Waals surface area contributed by atoms with E-state index in [1.54, 1.807) is 6.92 Å². The first-order valence-electron chi connectivity index (χ1n) is 6.21. The predicted molar refractivity (Wildman–Crippen MR) is 64.2 cm³/mol. The Morgan fingerprint density at radius 3 is 2.19 bits per heavy atom. The summed E-state index contributed by atoms with van der Waals surface area (Å²) in [4.78, 5) is 22.6. The molecule has 0 aliphatic carbocycles. The van der Waals surface area contributed by atoms with Crippen molar-refractivity contribution in [1.29, 1.82) is 0 Å². The van der Waals surface area contributed by atoms with E-state index < -0.39 is 0 Å². The Morgan fingerprint density at radius 1 is 1.12 bits per heavy atom. The lowest BCUT2D eigenvalue weighted by molar-refractivity contribution is -0.159. The van der Waals surface area contributed by atoms with Crippen LogP contribution < -0.4 is 0 Å². The van der Waals surface area contributed by atoms with Crippen molar-refractivity contribution in [3.05, 3.63) is 0 Å². The van der Waals surface area contributed by atoms with Gasteiger partial charge in [0.2, 0.25) is 0 Å². The van der Waals surface area contributed by atoms with Crippen LogP contribution in [0.3, 0.4) is 0 Å². The number of carbonyl (C=O) groups excluding carboxylic acids is 2. The SMILES string of the molecule is CCCC(C)(CC)OC(=O)CCC(=O)CC. The maximum absolute atomic E-state index is 11.5. The Balaban J connectivity index is 4.06. The van der Waals surface area contributed by atoms with E-state index in [0.717, 1.165) is 19.3 Å². The minimum atomic E-state index is -0.360. The van der Waals surface area contributed by atoms with Crippen molar-refractivity contribution in [2.45, 2.75) is 71.8 Å². The van der Waals surface area contributed by atoms with Gasteiger partial charge in [-0.05, 0) is 19.8 Å². The molecular formula is C13H24O3. The molecule has 16 heavy (non-hydrogen) atoms. The monoisotopic (exact) mass is 228 g/mol. The van der Waals surface area contributed by atoms with Crippen molar-refractivity contribution < 1.29 is 14.3 Å². The van der Waals surface area contributed by atoms with E-state index in [0.29, 0.717) is 12.8 Å².